The number of aromatic nitrogens is 4. The summed E-state index contributed by atoms with van der Waals surface area (Å²) in [6.45, 7) is 0.482. The molecule has 5 rings (SSSR count). The molecule has 1 N–H and O–H groups in total. The minimum atomic E-state index is -0.405. The van der Waals surface area contributed by atoms with Crippen LogP contribution >= 0.6 is 0 Å². The summed E-state index contributed by atoms with van der Waals surface area (Å²) in [6.07, 6.45) is 4.97. The van der Waals surface area contributed by atoms with E-state index in [1.54, 1.807) is 17.1 Å². The fourth-order valence-electron chi connectivity index (χ4n) is 3.60. The number of nitrogens with zero attached hydrogens (tertiary/aromatic N) is 4. The van der Waals surface area contributed by atoms with Crippen molar-refractivity contribution in [3.05, 3.63) is 90.3 Å². The van der Waals surface area contributed by atoms with Gasteiger partial charge in [-0.2, -0.15) is 0 Å². The molecule has 1 aliphatic rings. The van der Waals surface area contributed by atoms with Crippen molar-refractivity contribution in [2.75, 3.05) is 6.61 Å². The van der Waals surface area contributed by atoms with Gasteiger partial charge in [-0.05, 0) is 35.9 Å². The normalized spacial score (nSPS) is 15.1. The monoisotopic (exact) mass is 415 g/mol. The van der Waals surface area contributed by atoms with Crippen LogP contribution < -0.4 is 10.1 Å². The number of hydrogen-bond donors (Lipinski definition) is 1. The molecule has 7 nitrogen and oxygen atoms in total. The second-order valence-electron chi connectivity index (χ2n) is 7.19. The maximum Gasteiger partial charge on any atom is 0.273 e. The van der Waals surface area contributed by atoms with Gasteiger partial charge in [0.15, 0.2) is 5.69 Å². The van der Waals surface area contributed by atoms with E-state index in [0.29, 0.717) is 24.3 Å². The van der Waals surface area contributed by atoms with E-state index in [0.717, 1.165) is 23.0 Å². The van der Waals surface area contributed by atoms with Gasteiger partial charge in [-0.25, -0.2) is 9.07 Å². The summed E-state index contributed by atoms with van der Waals surface area (Å²) >= 11 is 0. The Morgan fingerprint density at radius 2 is 1.97 bits per heavy atom. The van der Waals surface area contributed by atoms with Gasteiger partial charge >= 0.3 is 0 Å². The first-order valence-electron chi connectivity index (χ1n) is 9.84. The number of carbonyl (C=O) groups is 1. The van der Waals surface area contributed by atoms with Gasteiger partial charge in [-0.3, -0.25) is 9.78 Å². The van der Waals surface area contributed by atoms with Crippen LogP contribution in [0.5, 0.6) is 5.75 Å². The minimum Gasteiger partial charge on any atom is -0.493 e. The minimum absolute atomic E-state index is 0.224. The van der Waals surface area contributed by atoms with Crippen molar-refractivity contribution < 1.29 is 13.9 Å². The van der Waals surface area contributed by atoms with E-state index in [9.17, 15) is 9.18 Å². The van der Waals surface area contributed by atoms with Crippen LogP contribution in [-0.4, -0.2) is 32.5 Å². The highest BCUT2D eigenvalue weighted by atomic mass is 19.1. The molecule has 2 aromatic carbocycles. The van der Waals surface area contributed by atoms with E-state index in [4.69, 9.17) is 4.74 Å². The zero-order valence-electron chi connectivity index (χ0n) is 16.4. The number of hydrogen-bond acceptors (Lipinski definition) is 5. The number of amides is 1. The van der Waals surface area contributed by atoms with Crippen molar-refractivity contribution in [3.8, 4) is 22.6 Å². The van der Waals surface area contributed by atoms with Gasteiger partial charge in [0, 0.05) is 23.7 Å². The van der Waals surface area contributed by atoms with Crippen LogP contribution in [0.4, 0.5) is 4.39 Å². The fourth-order valence-corrected chi connectivity index (χ4v) is 3.60. The van der Waals surface area contributed by atoms with Gasteiger partial charge in [-0.15, -0.1) is 5.10 Å². The number of para-hydroxylation sites is 1. The van der Waals surface area contributed by atoms with Gasteiger partial charge in [0.2, 0.25) is 0 Å². The highest BCUT2D eigenvalue weighted by Crippen LogP contribution is 2.35. The molecular formula is C23H18FN5O2. The molecule has 8 heteroatoms. The number of benzene rings is 2. The lowest BCUT2D eigenvalue weighted by Gasteiger charge is -2.27. The van der Waals surface area contributed by atoms with Crippen LogP contribution in [0.3, 0.4) is 0 Å². The summed E-state index contributed by atoms with van der Waals surface area (Å²) < 4.78 is 20.9. The Morgan fingerprint density at radius 1 is 1.10 bits per heavy atom. The molecular weight excluding hydrogens is 397 g/mol. The van der Waals surface area contributed by atoms with E-state index in [2.05, 4.69) is 20.6 Å². The average molecular weight is 415 g/mol. The van der Waals surface area contributed by atoms with Crippen molar-refractivity contribution in [1.82, 2.24) is 25.3 Å². The predicted octanol–water partition coefficient (Wildman–Crippen LogP) is 3.72. The quantitative estimate of drug-likeness (QED) is 0.549. The van der Waals surface area contributed by atoms with Crippen LogP contribution in [-0.2, 0) is 0 Å². The number of rotatable bonds is 4. The lowest BCUT2D eigenvalue weighted by molar-refractivity contribution is 0.0919. The predicted molar refractivity (Wildman–Crippen MR) is 111 cm³/mol. The van der Waals surface area contributed by atoms with Gasteiger partial charge in [0.05, 0.1) is 30.7 Å². The number of pyridine rings is 1. The summed E-state index contributed by atoms with van der Waals surface area (Å²) in [5, 5.41) is 11.1. The molecule has 1 unspecified atom stereocenters. The second kappa shape index (κ2) is 7.98. The Morgan fingerprint density at radius 3 is 2.81 bits per heavy atom. The zero-order chi connectivity index (χ0) is 21.2. The van der Waals surface area contributed by atoms with Crippen LogP contribution in [0.25, 0.3) is 16.8 Å². The lowest BCUT2D eigenvalue weighted by atomic mass is 9.96. The Bertz CT molecular complexity index is 1240. The van der Waals surface area contributed by atoms with Crippen molar-refractivity contribution >= 4 is 5.91 Å². The molecule has 0 saturated heterocycles. The summed E-state index contributed by atoms with van der Waals surface area (Å²) in [7, 11) is 0. The van der Waals surface area contributed by atoms with E-state index in [-0.39, 0.29) is 17.6 Å². The third kappa shape index (κ3) is 3.87. The molecule has 4 aromatic rings. The molecule has 3 heterocycles. The van der Waals surface area contributed by atoms with Crippen LogP contribution in [0.1, 0.15) is 28.5 Å². The number of ether oxygens (including phenoxy) is 1. The maximum absolute atomic E-state index is 13.6. The fraction of sp³-hybridized carbons (Fsp3) is 0.130. The molecule has 154 valence electrons. The number of carbonyl (C=O) groups excluding carboxylic acids is 1. The SMILES string of the molecule is O=C(NC1CCOc2ccc(-c3cncc(F)c3)cc21)c1cn(-c2ccccc2)nn1. The second-order valence-corrected chi connectivity index (χ2v) is 7.19. The summed E-state index contributed by atoms with van der Waals surface area (Å²) in [6, 6.07) is 16.2. The van der Waals surface area contributed by atoms with Gasteiger partial charge in [0.25, 0.3) is 5.91 Å². The number of fused-ring (bicyclic) bond motifs is 1. The standard InChI is InChI=1S/C23H18FN5O2/c24-17-10-16(12-25-13-17)15-6-7-22-19(11-15)20(8-9-31-22)26-23(30)21-14-29(28-27-21)18-4-2-1-3-5-18/h1-7,10-14,20H,8-9H2,(H,26,30). The van der Waals surface area contributed by atoms with Gasteiger partial charge in [-0.1, -0.05) is 29.5 Å². The van der Waals surface area contributed by atoms with Crippen molar-refractivity contribution in [2.24, 2.45) is 0 Å². The molecule has 0 aliphatic carbocycles. The van der Waals surface area contributed by atoms with Crippen LogP contribution in [0.2, 0.25) is 0 Å². The third-order valence-electron chi connectivity index (χ3n) is 5.14. The molecule has 31 heavy (non-hydrogen) atoms. The smallest absolute Gasteiger partial charge is 0.273 e. The summed E-state index contributed by atoms with van der Waals surface area (Å²) in [5.74, 6) is -0.0340. The first-order chi connectivity index (χ1) is 15.2. The van der Waals surface area contributed by atoms with E-state index in [1.165, 1.54) is 6.07 Å². The first-order valence-corrected chi connectivity index (χ1v) is 9.84. The van der Waals surface area contributed by atoms with E-state index in [1.807, 2.05) is 48.5 Å². The molecule has 0 radical (unpaired) electrons. The Hall–Kier alpha value is -4.07. The molecule has 0 saturated carbocycles. The summed E-state index contributed by atoms with van der Waals surface area (Å²) in [5.41, 5.74) is 3.33. The largest absolute Gasteiger partial charge is 0.493 e. The molecule has 1 aliphatic heterocycles. The molecule has 0 fully saturated rings. The maximum atomic E-state index is 13.6. The average Bonchev–Trinajstić information content (AvgIpc) is 3.30. The first kappa shape index (κ1) is 18.9. The highest BCUT2D eigenvalue weighted by molar-refractivity contribution is 5.92. The third-order valence-corrected chi connectivity index (χ3v) is 5.14. The number of halogens is 1. The molecule has 1 amide bonds. The highest BCUT2D eigenvalue weighted by Gasteiger charge is 2.25. The van der Waals surface area contributed by atoms with Crippen LogP contribution in [0.15, 0.2) is 73.2 Å². The van der Waals surface area contributed by atoms with E-state index >= 15 is 0 Å². The Balaban J connectivity index is 1.39. The van der Waals surface area contributed by atoms with Crippen LogP contribution in [0, 0.1) is 5.82 Å². The van der Waals surface area contributed by atoms with Crippen molar-refractivity contribution in [1.29, 1.82) is 0 Å². The zero-order valence-corrected chi connectivity index (χ0v) is 16.4. The van der Waals surface area contributed by atoms with E-state index < -0.39 is 5.82 Å². The Kier molecular flexibility index (Phi) is 4.87. The van der Waals surface area contributed by atoms with Crippen molar-refractivity contribution in [2.45, 2.75) is 12.5 Å². The molecule has 1 atom stereocenters. The van der Waals surface area contributed by atoms with Gasteiger partial charge in [0.1, 0.15) is 11.6 Å². The topological polar surface area (TPSA) is 81.9 Å². The van der Waals surface area contributed by atoms with Crippen molar-refractivity contribution in [3.63, 3.8) is 0 Å². The van der Waals surface area contributed by atoms with Gasteiger partial charge < -0.3 is 10.1 Å². The summed E-state index contributed by atoms with van der Waals surface area (Å²) in [4.78, 5) is 16.8. The molecule has 0 spiro atoms. The lowest BCUT2D eigenvalue weighted by Crippen LogP contribution is -2.32. The Labute approximate surface area is 177 Å². The molecule has 2 aromatic heterocycles. The molecule has 0 bridgehead atoms. The number of nitrogens with one attached hydrogen (secondary N) is 1.